The molecule has 0 aliphatic carbocycles. The fourth-order valence-electron chi connectivity index (χ4n) is 6.56. The van der Waals surface area contributed by atoms with Crippen molar-refractivity contribution in [3.8, 4) is 11.1 Å². The van der Waals surface area contributed by atoms with E-state index in [4.69, 9.17) is 9.47 Å². The molecule has 1 saturated heterocycles. The zero-order chi connectivity index (χ0) is 37.8. The molecule has 11 heteroatoms. The summed E-state index contributed by atoms with van der Waals surface area (Å²) in [5.74, 6) is -12.6. The maximum atomic E-state index is 14.2. The molecule has 5 aromatic carbocycles. The number of aliphatic hydroxyl groups excluding tert-OH is 1. The predicted molar refractivity (Wildman–Crippen MR) is 190 cm³/mol. The van der Waals surface area contributed by atoms with Crippen molar-refractivity contribution >= 4 is 5.91 Å². The van der Waals surface area contributed by atoms with Crippen LogP contribution >= 0.6 is 0 Å². The van der Waals surface area contributed by atoms with Gasteiger partial charge in [0, 0.05) is 30.6 Å². The third kappa shape index (κ3) is 8.18. The highest BCUT2D eigenvalue weighted by molar-refractivity contribution is 5.94. The lowest BCUT2D eigenvalue weighted by Crippen LogP contribution is -2.44. The van der Waals surface area contributed by atoms with Crippen LogP contribution in [-0.4, -0.2) is 35.6 Å². The van der Waals surface area contributed by atoms with Crippen molar-refractivity contribution in [1.29, 1.82) is 0 Å². The van der Waals surface area contributed by atoms with Crippen molar-refractivity contribution in [2.45, 2.75) is 51.5 Å². The molecular weight excluding hydrogens is 691 g/mol. The standard InChI is InChI=1S/C42H39F5N2O4/c1-24-33(22-49(3)25(2)28-10-5-4-6-11-28)52-42(53-40(24)29-17-15-26(23-50)16-18-29)32-14-8-13-31(20-32)30-12-7-9-27(19-30)21-48-41(51)34-35(43)37(45)39(47)38(46)36(34)44/h4-20,24-25,33,40,42,50H,21-23H2,1-3H3,(H,48,51)/t24-,25-,33+,40+,42+/m0/s1. The Morgan fingerprint density at radius 3 is 2.04 bits per heavy atom. The number of hydrogen-bond acceptors (Lipinski definition) is 5. The van der Waals surface area contributed by atoms with Crippen molar-refractivity contribution in [2.24, 2.45) is 5.92 Å². The molecule has 0 radical (unpaired) electrons. The zero-order valence-corrected chi connectivity index (χ0v) is 29.3. The van der Waals surface area contributed by atoms with Gasteiger partial charge < -0.3 is 19.9 Å². The Labute approximate surface area is 304 Å². The Bertz CT molecular complexity index is 2030. The normalized spacial score (nSPS) is 19.3. The van der Waals surface area contributed by atoms with Crippen LogP contribution < -0.4 is 5.32 Å². The van der Waals surface area contributed by atoms with Crippen molar-refractivity contribution in [3.63, 3.8) is 0 Å². The molecule has 0 bridgehead atoms. The number of nitrogens with zero attached hydrogens (tertiary/aromatic N) is 1. The van der Waals surface area contributed by atoms with Crippen LogP contribution in [0.4, 0.5) is 22.0 Å². The lowest BCUT2D eigenvalue weighted by Gasteiger charge is -2.43. The molecule has 53 heavy (non-hydrogen) atoms. The first-order chi connectivity index (χ1) is 25.5. The minimum absolute atomic E-state index is 0.0310. The third-order valence-electron chi connectivity index (χ3n) is 9.84. The van der Waals surface area contributed by atoms with Gasteiger partial charge in [0.2, 0.25) is 5.82 Å². The van der Waals surface area contributed by atoms with Crippen LogP contribution in [0, 0.1) is 35.0 Å². The minimum atomic E-state index is -2.34. The summed E-state index contributed by atoms with van der Waals surface area (Å²) in [7, 11) is 2.07. The van der Waals surface area contributed by atoms with Gasteiger partial charge in [-0.2, -0.15) is 0 Å². The van der Waals surface area contributed by atoms with E-state index in [0.717, 1.165) is 27.8 Å². The molecule has 1 fully saturated rings. The number of carbonyl (C=O) groups is 1. The van der Waals surface area contributed by atoms with Gasteiger partial charge in [-0.1, -0.05) is 97.9 Å². The van der Waals surface area contributed by atoms with Gasteiger partial charge in [0.25, 0.3) is 5.91 Å². The highest BCUT2D eigenvalue weighted by Gasteiger charge is 2.39. The van der Waals surface area contributed by atoms with Crippen molar-refractivity contribution in [2.75, 3.05) is 13.6 Å². The molecule has 1 heterocycles. The number of ether oxygens (including phenoxy) is 2. The number of hydrogen-bond donors (Lipinski definition) is 2. The topological polar surface area (TPSA) is 71.0 Å². The first-order valence-electron chi connectivity index (χ1n) is 17.2. The molecule has 1 aliphatic heterocycles. The average molecular weight is 731 g/mol. The quantitative estimate of drug-likeness (QED) is 0.0807. The Balaban J connectivity index is 1.23. The maximum absolute atomic E-state index is 14.2. The lowest BCUT2D eigenvalue weighted by atomic mass is 9.89. The van der Waals surface area contributed by atoms with E-state index in [0.29, 0.717) is 12.1 Å². The number of halogens is 5. The Morgan fingerprint density at radius 2 is 1.38 bits per heavy atom. The summed E-state index contributed by atoms with van der Waals surface area (Å²) in [6.07, 6.45) is -1.27. The second-order valence-electron chi connectivity index (χ2n) is 13.3. The molecule has 6 rings (SSSR count). The fraction of sp³-hybridized carbons (Fsp3) is 0.262. The summed E-state index contributed by atoms with van der Waals surface area (Å²) in [5.41, 5.74) is 4.21. The molecule has 5 aromatic rings. The molecule has 0 unspecified atom stereocenters. The van der Waals surface area contributed by atoms with E-state index in [2.05, 4.69) is 43.2 Å². The van der Waals surface area contributed by atoms with E-state index in [-0.39, 0.29) is 37.3 Å². The van der Waals surface area contributed by atoms with Gasteiger partial charge in [0.05, 0.1) is 18.8 Å². The van der Waals surface area contributed by atoms with E-state index in [9.17, 15) is 31.9 Å². The molecule has 1 aliphatic rings. The van der Waals surface area contributed by atoms with Crippen LogP contribution in [0.15, 0.2) is 103 Å². The summed E-state index contributed by atoms with van der Waals surface area (Å²) in [4.78, 5) is 14.8. The molecule has 276 valence electrons. The van der Waals surface area contributed by atoms with Gasteiger partial charge >= 0.3 is 0 Å². The number of nitrogens with one attached hydrogen (secondary N) is 1. The van der Waals surface area contributed by atoms with E-state index >= 15 is 0 Å². The Hall–Kier alpha value is -4.94. The summed E-state index contributed by atoms with van der Waals surface area (Å²) < 4.78 is 82.7. The maximum Gasteiger partial charge on any atom is 0.257 e. The summed E-state index contributed by atoms with van der Waals surface area (Å²) in [6, 6.07) is 32.7. The van der Waals surface area contributed by atoms with Crippen molar-refractivity contribution in [3.05, 3.63) is 166 Å². The van der Waals surface area contributed by atoms with Crippen LogP contribution in [0.3, 0.4) is 0 Å². The highest BCUT2D eigenvalue weighted by atomic mass is 19.2. The van der Waals surface area contributed by atoms with Gasteiger partial charge in [-0.15, -0.1) is 0 Å². The largest absolute Gasteiger partial charge is 0.392 e. The molecule has 6 nitrogen and oxygen atoms in total. The molecule has 2 N–H and O–H groups in total. The fourth-order valence-corrected chi connectivity index (χ4v) is 6.56. The summed E-state index contributed by atoms with van der Waals surface area (Å²) in [5, 5.41) is 11.9. The second kappa shape index (κ2) is 16.4. The molecule has 5 atom stereocenters. The van der Waals surface area contributed by atoms with Gasteiger partial charge in [0.15, 0.2) is 29.6 Å². The summed E-state index contributed by atoms with van der Waals surface area (Å²) in [6.45, 7) is 4.58. The molecular formula is C42H39F5N2O4. The number of aliphatic hydroxyl groups is 1. The second-order valence-corrected chi connectivity index (χ2v) is 13.3. The van der Waals surface area contributed by atoms with Crippen LogP contribution in [0.25, 0.3) is 11.1 Å². The average Bonchev–Trinajstić information content (AvgIpc) is 3.19. The van der Waals surface area contributed by atoms with Gasteiger partial charge in [0.1, 0.15) is 5.56 Å². The van der Waals surface area contributed by atoms with E-state index in [1.165, 1.54) is 5.56 Å². The van der Waals surface area contributed by atoms with Crippen molar-refractivity contribution < 1.29 is 41.3 Å². The van der Waals surface area contributed by atoms with Crippen LogP contribution in [-0.2, 0) is 22.6 Å². The minimum Gasteiger partial charge on any atom is -0.392 e. The van der Waals surface area contributed by atoms with E-state index < -0.39 is 46.8 Å². The zero-order valence-electron chi connectivity index (χ0n) is 29.3. The van der Waals surface area contributed by atoms with Crippen LogP contribution in [0.2, 0.25) is 0 Å². The van der Waals surface area contributed by atoms with Crippen molar-refractivity contribution in [1.82, 2.24) is 10.2 Å². The Morgan fingerprint density at radius 1 is 0.755 bits per heavy atom. The smallest absolute Gasteiger partial charge is 0.257 e. The SMILES string of the molecule is C[C@H]1[C@@H](CN(C)[C@@H](C)c2ccccc2)O[C@@H](c2cccc(-c3cccc(CNC(=O)c4c(F)c(F)c(F)c(F)c4F)c3)c2)O[C@H]1c1ccc(CO)cc1. The van der Waals surface area contributed by atoms with Gasteiger partial charge in [-0.25, -0.2) is 22.0 Å². The van der Waals surface area contributed by atoms with E-state index in [1.54, 1.807) is 18.2 Å². The first kappa shape index (κ1) is 37.8. The lowest BCUT2D eigenvalue weighted by molar-refractivity contribution is -0.276. The van der Waals surface area contributed by atoms with Crippen LogP contribution in [0.1, 0.15) is 70.5 Å². The number of likely N-dealkylation sites (N-methyl/N-ethyl adjacent to an activating group) is 1. The Kier molecular flexibility index (Phi) is 11.7. The molecule has 0 spiro atoms. The first-order valence-corrected chi connectivity index (χ1v) is 17.2. The number of carbonyl (C=O) groups excluding carboxylic acids is 1. The molecule has 0 aromatic heterocycles. The highest BCUT2D eigenvalue weighted by Crippen LogP contribution is 2.43. The molecule has 1 amide bonds. The monoisotopic (exact) mass is 730 g/mol. The number of amides is 1. The van der Waals surface area contributed by atoms with Gasteiger partial charge in [-0.05, 0) is 59.5 Å². The molecule has 0 saturated carbocycles. The van der Waals surface area contributed by atoms with Crippen LogP contribution in [0.5, 0.6) is 0 Å². The van der Waals surface area contributed by atoms with E-state index in [1.807, 2.05) is 72.8 Å². The predicted octanol–water partition coefficient (Wildman–Crippen LogP) is 8.96. The number of benzene rings is 5. The summed E-state index contributed by atoms with van der Waals surface area (Å²) >= 11 is 0. The number of rotatable bonds is 11. The van der Waals surface area contributed by atoms with Gasteiger partial charge in [-0.3, -0.25) is 9.69 Å². The third-order valence-corrected chi connectivity index (χ3v) is 9.84.